The van der Waals surface area contributed by atoms with E-state index < -0.39 is 10.0 Å². The molecule has 0 spiro atoms. The van der Waals surface area contributed by atoms with E-state index in [1.54, 1.807) is 31.4 Å². The Hall–Kier alpha value is -2.23. The SMILES string of the molecule is COc1cccc(-c2noc(C3CCN(S(=O)(=O)c4ccc(Br)cc4)CC3)n2)c1. The van der Waals surface area contributed by atoms with Gasteiger partial charge in [0.25, 0.3) is 0 Å². The van der Waals surface area contributed by atoms with Crippen LogP contribution in [-0.4, -0.2) is 43.1 Å². The number of aromatic nitrogens is 2. The van der Waals surface area contributed by atoms with Crippen molar-refractivity contribution in [2.24, 2.45) is 0 Å². The molecule has 0 radical (unpaired) electrons. The van der Waals surface area contributed by atoms with E-state index in [-0.39, 0.29) is 5.92 Å². The molecule has 1 aromatic heterocycles. The first-order chi connectivity index (χ1) is 14.0. The number of hydrogen-bond acceptors (Lipinski definition) is 6. The summed E-state index contributed by atoms with van der Waals surface area (Å²) in [6, 6.07) is 14.2. The van der Waals surface area contributed by atoms with Crippen molar-refractivity contribution in [3.05, 3.63) is 58.9 Å². The second kappa shape index (κ2) is 8.25. The quantitative estimate of drug-likeness (QED) is 0.550. The summed E-state index contributed by atoms with van der Waals surface area (Å²) in [4.78, 5) is 4.83. The molecule has 4 rings (SSSR count). The fourth-order valence-electron chi connectivity index (χ4n) is 3.38. The minimum Gasteiger partial charge on any atom is -0.497 e. The lowest BCUT2D eigenvalue weighted by Crippen LogP contribution is -2.37. The number of benzene rings is 2. The summed E-state index contributed by atoms with van der Waals surface area (Å²) in [5.41, 5.74) is 0.814. The second-order valence-electron chi connectivity index (χ2n) is 6.82. The van der Waals surface area contributed by atoms with Crippen molar-refractivity contribution in [2.45, 2.75) is 23.7 Å². The zero-order valence-corrected chi connectivity index (χ0v) is 18.2. The topological polar surface area (TPSA) is 85.5 Å². The molecule has 0 N–H and O–H groups in total. The zero-order valence-electron chi connectivity index (χ0n) is 15.8. The number of ether oxygens (including phenoxy) is 1. The van der Waals surface area contributed by atoms with Crippen molar-refractivity contribution in [1.82, 2.24) is 14.4 Å². The lowest BCUT2D eigenvalue weighted by atomic mass is 9.98. The average molecular weight is 478 g/mol. The van der Waals surface area contributed by atoms with E-state index in [1.807, 2.05) is 24.3 Å². The van der Waals surface area contributed by atoms with E-state index in [0.717, 1.165) is 15.8 Å². The van der Waals surface area contributed by atoms with E-state index in [0.29, 0.717) is 42.5 Å². The van der Waals surface area contributed by atoms with Crippen LogP contribution in [-0.2, 0) is 10.0 Å². The van der Waals surface area contributed by atoms with Gasteiger partial charge in [-0.1, -0.05) is 33.2 Å². The summed E-state index contributed by atoms with van der Waals surface area (Å²) >= 11 is 3.33. The van der Waals surface area contributed by atoms with E-state index in [1.165, 1.54) is 4.31 Å². The normalized spacial score (nSPS) is 16.1. The van der Waals surface area contributed by atoms with Crippen LogP contribution >= 0.6 is 15.9 Å². The van der Waals surface area contributed by atoms with Gasteiger partial charge in [-0.3, -0.25) is 0 Å². The standard InChI is InChI=1S/C20H20BrN3O4S/c1-27-17-4-2-3-15(13-17)19-22-20(28-23-19)14-9-11-24(12-10-14)29(25,26)18-7-5-16(21)6-8-18/h2-8,13-14H,9-12H2,1H3. The lowest BCUT2D eigenvalue weighted by Gasteiger charge is -2.29. The number of hydrogen-bond donors (Lipinski definition) is 0. The third-order valence-corrected chi connectivity index (χ3v) is 7.47. The van der Waals surface area contributed by atoms with Gasteiger partial charge in [0.2, 0.25) is 21.7 Å². The molecule has 1 aliphatic heterocycles. The number of nitrogens with zero attached hydrogens (tertiary/aromatic N) is 3. The molecule has 2 heterocycles. The van der Waals surface area contributed by atoms with Crippen LogP contribution in [0.3, 0.4) is 0 Å². The Morgan fingerprint density at radius 1 is 1.14 bits per heavy atom. The molecule has 0 unspecified atom stereocenters. The van der Waals surface area contributed by atoms with Crippen molar-refractivity contribution < 1.29 is 17.7 Å². The van der Waals surface area contributed by atoms with Gasteiger partial charge in [-0.25, -0.2) is 8.42 Å². The van der Waals surface area contributed by atoms with Gasteiger partial charge in [0.15, 0.2) is 0 Å². The van der Waals surface area contributed by atoms with Crippen LogP contribution in [0.2, 0.25) is 0 Å². The maximum Gasteiger partial charge on any atom is 0.243 e. The molecule has 2 aromatic carbocycles. The first-order valence-corrected chi connectivity index (χ1v) is 11.4. The van der Waals surface area contributed by atoms with Crippen LogP contribution in [0.25, 0.3) is 11.4 Å². The summed E-state index contributed by atoms with van der Waals surface area (Å²) in [7, 11) is -1.89. The summed E-state index contributed by atoms with van der Waals surface area (Å²) in [6.07, 6.45) is 1.27. The highest BCUT2D eigenvalue weighted by Gasteiger charge is 2.32. The van der Waals surface area contributed by atoms with Gasteiger partial charge in [0.1, 0.15) is 5.75 Å². The van der Waals surface area contributed by atoms with Crippen molar-refractivity contribution in [3.8, 4) is 17.1 Å². The Kier molecular flexibility index (Phi) is 5.71. The molecule has 7 nitrogen and oxygen atoms in total. The van der Waals surface area contributed by atoms with Gasteiger partial charge < -0.3 is 9.26 Å². The Bertz CT molecular complexity index is 1090. The molecular weight excluding hydrogens is 458 g/mol. The Balaban J connectivity index is 1.45. The molecule has 29 heavy (non-hydrogen) atoms. The Morgan fingerprint density at radius 3 is 2.55 bits per heavy atom. The predicted molar refractivity (Wildman–Crippen MR) is 111 cm³/mol. The van der Waals surface area contributed by atoms with E-state index in [9.17, 15) is 8.42 Å². The van der Waals surface area contributed by atoms with E-state index in [2.05, 4.69) is 26.1 Å². The molecule has 152 valence electrons. The van der Waals surface area contributed by atoms with Crippen LogP contribution in [0.1, 0.15) is 24.7 Å². The summed E-state index contributed by atoms with van der Waals surface area (Å²) in [5.74, 6) is 1.81. The smallest absolute Gasteiger partial charge is 0.243 e. The summed E-state index contributed by atoms with van der Waals surface area (Å²) in [5, 5.41) is 4.08. The highest BCUT2D eigenvalue weighted by molar-refractivity contribution is 9.10. The van der Waals surface area contributed by atoms with Gasteiger partial charge in [-0.2, -0.15) is 9.29 Å². The molecule has 1 fully saturated rings. The zero-order chi connectivity index (χ0) is 20.4. The number of piperidine rings is 1. The second-order valence-corrected chi connectivity index (χ2v) is 9.67. The third-order valence-electron chi connectivity index (χ3n) is 5.02. The van der Waals surface area contributed by atoms with Crippen molar-refractivity contribution in [3.63, 3.8) is 0 Å². The van der Waals surface area contributed by atoms with Gasteiger partial charge in [0.05, 0.1) is 12.0 Å². The fraction of sp³-hybridized carbons (Fsp3) is 0.300. The van der Waals surface area contributed by atoms with Crippen LogP contribution in [0.5, 0.6) is 5.75 Å². The monoisotopic (exact) mass is 477 g/mol. The summed E-state index contributed by atoms with van der Waals surface area (Å²) in [6.45, 7) is 0.833. The number of sulfonamides is 1. The molecule has 9 heteroatoms. The molecule has 0 saturated carbocycles. The van der Waals surface area contributed by atoms with Crippen LogP contribution in [0, 0.1) is 0 Å². The fourth-order valence-corrected chi connectivity index (χ4v) is 5.11. The molecular formula is C20H20BrN3O4S. The molecule has 1 saturated heterocycles. The van der Waals surface area contributed by atoms with Gasteiger partial charge in [-0.05, 0) is 49.2 Å². The number of methoxy groups -OCH3 is 1. The average Bonchev–Trinajstić information content (AvgIpc) is 3.24. The van der Waals surface area contributed by atoms with E-state index >= 15 is 0 Å². The maximum atomic E-state index is 12.8. The van der Waals surface area contributed by atoms with Crippen molar-refractivity contribution in [2.75, 3.05) is 20.2 Å². The highest BCUT2D eigenvalue weighted by atomic mass is 79.9. The predicted octanol–water partition coefficient (Wildman–Crippen LogP) is 4.08. The number of rotatable bonds is 5. The minimum atomic E-state index is -3.50. The molecule has 0 bridgehead atoms. The first kappa shape index (κ1) is 20.1. The summed E-state index contributed by atoms with van der Waals surface area (Å²) < 4.78 is 38.8. The van der Waals surface area contributed by atoms with Crippen LogP contribution in [0.15, 0.2) is 62.4 Å². The molecule has 0 amide bonds. The van der Waals surface area contributed by atoms with Gasteiger partial charge in [-0.15, -0.1) is 0 Å². The molecule has 1 aliphatic rings. The molecule has 0 aliphatic carbocycles. The van der Waals surface area contributed by atoms with Crippen molar-refractivity contribution in [1.29, 1.82) is 0 Å². The molecule has 0 atom stereocenters. The lowest BCUT2D eigenvalue weighted by molar-refractivity contribution is 0.271. The van der Waals surface area contributed by atoms with Gasteiger partial charge in [0, 0.05) is 29.0 Å². The number of halogens is 1. The van der Waals surface area contributed by atoms with Crippen molar-refractivity contribution >= 4 is 26.0 Å². The molecule has 3 aromatic rings. The highest BCUT2D eigenvalue weighted by Crippen LogP contribution is 2.31. The van der Waals surface area contributed by atoms with Crippen LogP contribution < -0.4 is 4.74 Å². The first-order valence-electron chi connectivity index (χ1n) is 9.21. The van der Waals surface area contributed by atoms with E-state index in [4.69, 9.17) is 9.26 Å². The maximum absolute atomic E-state index is 12.8. The Labute approximate surface area is 177 Å². The van der Waals surface area contributed by atoms with Crippen LogP contribution in [0.4, 0.5) is 0 Å². The third kappa shape index (κ3) is 4.22. The van der Waals surface area contributed by atoms with Gasteiger partial charge >= 0.3 is 0 Å². The Morgan fingerprint density at radius 2 is 1.86 bits per heavy atom. The minimum absolute atomic E-state index is 0.0400. The largest absolute Gasteiger partial charge is 0.497 e.